The lowest BCUT2D eigenvalue weighted by Crippen LogP contribution is -2.06. The molecule has 0 aromatic carbocycles. The smallest absolute Gasteiger partial charge is 0.305 e. The second kappa shape index (κ2) is 5.87. The summed E-state index contributed by atoms with van der Waals surface area (Å²) in [6, 6.07) is 0. The van der Waals surface area contributed by atoms with Gasteiger partial charge in [-0.3, -0.25) is 9.36 Å². The van der Waals surface area contributed by atoms with E-state index in [9.17, 15) is 9.90 Å². The molecule has 0 amide bonds. The van der Waals surface area contributed by atoms with Gasteiger partial charge >= 0.3 is 5.97 Å². The van der Waals surface area contributed by atoms with Gasteiger partial charge in [0.2, 0.25) is 5.88 Å². The van der Waals surface area contributed by atoms with Gasteiger partial charge in [-0.05, 0) is 25.6 Å². The lowest BCUT2D eigenvalue weighted by Gasteiger charge is -2.04. The monoisotopic (exact) mass is 247 g/mol. The van der Waals surface area contributed by atoms with Crippen LogP contribution in [0.1, 0.15) is 19.8 Å². The molecule has 0 spiro atoms. The van der Waals surface area contributed by atoms with Crippen molar-refractivity contribution in [1.29, 1.82) is 0 Å². The fraction of sp³-hybridized carbons (Fsp3) is 0.556. The summed E-state index contributed by atoms with van der Waals surface area (Å²) in [7, 11) is 0. The normalized spacial score (nSPS) is 10.2. The number of aromatic hydroxyl groups is 1. The molecule has 6 heteroatoms. The summed E-state index contributed by atoms with van der Waals surface area (Å²) >= 11 is 6.32. The molecule has 0 saturated heterocycles. The SMILES string of the molecule is CCOC(=O)CCCn1c(O)csc1=S. The van der Waals surface area contributed by atoms with Gasteiger partial charge in [-0.15, -0.1) is 11.3 Å². The number of esters is 1. The third-order valence-corrected chi connectivity index (χ3v) is 3.09. The molecule has 1 heterocycles. The van der Waals surface area contributed by atoms with Crippen molar-refractivity contribution in [3.8, 4) is 5.88 Å². The quantitative estimate of drug-likeness (QED) is 0.641. The summed E-state index contributed by atoms with van der Waals surface area (Å²) in [5.74, 6) is -0.0485. The molecule has 0 unspecified atom stereocenters. The molecule has 0 aliphatic heterocycles. The molecule has 1 aromatic rings. The number of hydrogen-bond donors (Lipinski definition) is 1. The van der Waals surface area contributed by atoms with Crippen LogP contribution in [0, 0.1) is 3.95 Å². The molecule has 0 radical (unpaired) electrons. The second-order valence-electron chi connectivity index (χ2n) is 2.92. The zero-order chi connectivity index (χ0) is 11.3. The summed E-state index contributed by atoms with van der Waals surface area (Å²) in [4.78, 5) is 11.0. The first-order valence-corrected chi connectivity index (χ1v) is 5.97. The highest BCUT2D eigenvalue weighted by molar-refractivity contribution is 7.73. The molecular weight excluding hydrogens is 234 g/mol. The number of rotatable bonds is 5. The highest BCUT2D eigenvalue weighted by Crippen LogP contribution is 2.17. The lowest BCUT2D eigenvalue weighted by molar-refractivity contribution is -0.143. The minimum absolute atomic E-state index is 0.161. The van der Waals surface area contributed by atoms with Gasteiger partial charge in [0.25, 0.3) is 0 Å². The Morgan fingerprint density at radius 1 is 1.73 bits per heavy atom. The van der Waals surface area contributed by atoms with Crippen LogP contribution in [0.25, 0.3) is 0 Å². The topological polar surface area (TPSA) is 51.5 Å². The number of hydrogen-bond acceptors (Lipinski definition) is 5. The van der Waals surface area contributed by atoms with Gasteiger partial charge in [-0.1, -0.05) is 0 Å². The van der Waals surface area contributed by atoms with Gasteiger partial charge in [0.05, 0.1) is 12.0 Å². The minimum atomic E-state index is -0.210. The Morgan fingerprint density at radius 2 is 2.47 bits per heavy atom. The predicted molar refractivity (Wildman–Crippen MR) is 60.7 cm³/mol. The number of ether oxygens (including phenoxy) is 1. The van der Waals surface area contributed by atoms with E-state index in [4.69, 9.17) is 17.0 Å². The first-order valence-electron chi connectivity index (χ1n) is 4.68. The standard InChI is InChI=1S/C9H13NO3S2/c1-2-13-8(12)4-3-5-10-7(11)6-15-9(10)14/h6,11H,2-5H2,1H3. The average Bonchev–Trinajstić information content (AvgIpc) is 2.49. The van der Waals surface area contributed by atoms with E-state index in [0.29, 0.717) is 29.9 Å². The van der Waals surface area contributed by atoms with Crippen molar-refractivity contribution in [2.24, 2.45) is 0 Å². The van der Waals surface area contributed by atoms with Crippen LogP contribution in [0.3, 0.4) is 0 Å². The van der Waals surface area contributed by atoms with E-state index in [0.717, 1.165) is 0 Å². The molecule has 4 nitrogen and oxygen atoms in total. The maximum absolute atomic E-state index is 11.0. The Kier molecular flexibility index (Phi) is 4.77. The van der Waals surface area contributed by atoms with Crippen molar-refractivity contribution >= 4 is 29.5 Å². The zero-order valence-electron chi connectivity index (χ0n) is 8.43. The molecule has 0 aliphatic rings. The van der Waals surface area contributed by atoms with Crippen LogP contribution in [0.5, 0.6) is 5.88 Å². The highest BCUT2D eigenvalue weighted by atomic mass is 32.1. The minimum Gasteiger partial charge on any atom is -0.494 e. The third-order valence-electron chi connectivity index (χ3n) is 1.83. The molecule has 1 rings (SSSR count). The fourth-order valence-electron chi connectivity index (χ4n) is 1.14. The van der Waals surface area contributed by atoms with Gasteiger partial charge in [0, 0.05) is 13.0 Å². The predicted octanol–water partition coefficient (Wildman–Crippen LogP) is 2.33. The van der Waals surface area contributed by atoms with Gasteiger partial charge in [-0.2, -0.15) is 0 Å². The Hall–Kier alpha value is -0.880. The zero-order valence-corrected chi connectivity index (χ0v) is 10.1. The van der Waals surface area contributed by atoms with Crippen molar-refractivity contribution in [2.45, 2.75) is 26.3 Å². The molecule has 0 saturated carbocycles. The van der Waals surface area contributed by atoms with E-state index >= 15 is 0 Å². The molecule has 0 bridgehead atoms. The number of carbonyl (C=O) groups is 1. The summed E-state index contributed by atoms with van der Waals surface area (Å²) in [5, 5.41) is 11.0. The van der Waals surface area contributed by atoms with Crippen LogP contribution in [-0.4, -0.2) is 22.2 Å². The number of aromatic nitrogens is 1. The fourth-order valence-corrected chi connectivity index (χ4v) is 2.12. The average molecular weight is 247 g/mol. The molecule has 1 aromatic heterocycles. The van der Waals surface area contributed by atoms with E-state index in [2.05, 4.69) is 0 Å². The van der Waals surface area contributed by atoms with E-state index in [1.54, 1.807) is 16.9 Å². The first kappa shape index (κ1) is 12.2. The van der Waals surface area contributed by atoms with Crippen molar-refractivity contribution in [1.82, 2.24) is 4.57 Å². The molecule has 1 N–H and O–H groups in total. The maximum Gasteiger partial charge on any atom is 0.305 e. The van der Waals surface area contributed by atoms with Crippen LogP contribution < -0.4 is 0 Å². The second-order valence-corrected chi connectivity index (χ2v) is 4.42. The largest absolute Gasteiger partial charge is 0.494 e. The third kappa shape index (κ3) is 3.64. The lowest BCUT2D eigenvalue weighted by atomic mass is 10.3. The maximum atomic E-state index is 11.0. The molecule has 0 atom stereocenters. The van der Waals surface area contributed by atoms with Crippen LogP contribution in [0.2, 0.25) is 0 Å². The Labute approximate surface area is 97.1 Å². The van der Waals surface area contributed by atoms with E-state index in [1.807, 2.05) is 0 Å². The molecule has 0 aliphatic carbocycles. The van der Waals surface area contributed by atoms with E-state index < -0.39 is 0 Å². The van der Waals surface area contributed by atoms with Crippen molar-refractivity contribution in [3.05, 3.63) is 9.33 Å². The van der Waals surface area contributed by atoms with Crippen LogP contribution in [0.4, 0.5) is 0 Å². The summed E-state index contributed by atoms with van der Waals surface area (Å²) in [5.41, 5.74) is 0. The molecule has 0 fully saturated rings. The first-order chi connectivity index (χ1) is 7.15. The van der Waals surface area contributed by atoms with Crippen molar-refractivity contribution in [3.63, 3.8) is 0 Å². The van der Waals surface area contributed by atoms with Crippen LogP contribution in [0.15, 0.2) is 5.38 Å². The molecule has 84 valence electrons. The van der Waals surface area contributed by atoms with Crippen LogP contribution in [-0.2, 0) is 16.1 Å². The van der Waals surface area contributed by atoms with Gasteiger partial charge < -0.3 is 9.84 Å². The van der Waals surface area contributed by atoms with E-state index in [1.165, 1.54) is 11.3 Å². The summed E-state index contributed by atoms with van der Waals surface area (Å²) < 4.78 is 7.02. The molecule has 15 heavy (non-hydrogen) atoms. The van der Waals surface area contributed by atoms with Crippen molar-refractivity contribution in [2.75, 3.05) is 6.61 Å². The Bertz CT molecular complexity index is 383. The number of carbonyl (C=O) groups excluding carboxylic acids is 1. The highest BCUT2D eigenvalue weighted by Gasteiger charge is 2.05. The Morgan fingerprint density at radius 3 is 3.00 bits per heavy atom. The summed E-state index contributed by atoms with van der Waals surface area (Å²) in [6.07, 6.45) is 0.975. The van der Waals surface area contributed by atoms with Crippen LogP contribution >= 0.6 is 23.6 Å². The van der Waals surface area contributed by atoms with Gasteiger partial charge in [-0.25, -0.2) is 0 Å². The van der Waals surface area contributed by atoms with Crippen molar-refractivity contribution < 1.29 is 14.6 Å². The Balaban J connectivity index is 2.38. The summed E-state index contributed by atoms with van der Waals surface area (Å²) in [6.45, 7) is 2.73. The van der Waals surface area contributed by atoms with E-state index in [-0.39, 0.29) is 11.8 Å². The van der Waals surface area contributed by atoms with Gasteiger partial charge in [0.1, 0.15) is 0 Å². The van der Waals surface area contributed by atoms with Gasteiger partial charge in [0.15, 0.2) is 3.95 Å². The number of thiazole rings is 1. The molecular formula is C9H13NO3S2. The number of nitrogens with zero attached hydrogens (tertiary/aromatic N) is 1.